The third-order valence-electron chi connectivity index (χ3n) is 5.49. The van der Waals surface area contributed by atoms with Crippen LogP contribution in [-0.2, 0) is 18.4 Å². The van der Waals surface area contributed by atoms with E-state index in [9.17, 15) is 9.59 Å². The lowest BCUT2D eigenvalue weighted by Gasteiger charge is -2.27. The summed E-state index contributed by atoms with van der Waals surface area (Å²) in [5, 5.41) is 6.44. The molecule has 0 radical (unpaired) electrons. The fourth-order valence-corrected chi connectivity index (χ4v) is 5.17. The van der Waals surface area contributed by atoms with Crippen LogP contribution >= 0.6 is 11.3 Å². The molecule has 1 atom stereocenters. The highest BCUT2D eigenvalue weighted by molar-refractivity contribution is 7.17. The Bertz CT molecular complexity index is 974. The highest BCUT2D eigenvalue weighted by Gasteiger charge is 2.29. The lowest BCUT2D eigenvalue weighted by Crippen LogP contribution is -2.43. The average Bonchev–Trinajstić information content (AvgIpc) is 2.98. The van der Waals surface area contributed by atoms with E-state index >= 15 is 0 Å². The van der Waals surface area contributed by atoms with Gasteiger partial charge in [0, 0.05) is 4.88 Å². The number of hydrogen-bond acceptors (Lipinski definition) is 3. The first kappa shape index (κ1) is 21.1. The van der Waals surface area contributed by atoms with Gasteiger partial charge in [-0.05, 0) is 68.7 Å². The van der Waals surface area contributed by atoms with Crippen LogP contribution in [0.25, 0.3) is 5.57 Å². The highest BCUT2D eigenvalue weighted by atomic mass is 32.1. The van der Waals surface area contributed by atoms with Gasteiger partial charge in [0.1, 0.15) is 5.00 Å². The molecule has 2 aromatic rings. The van der Waals surface area contributed by atoms with Crippen molar-refractivity contribution in [1.82, 2.24) is 5.32 Å². The van der Waals surface area contributed by atoms with E-state index in [4.69, 9.17) is 5.73 Å². The van der Waals surface area contributed by atoms with Gasteiger partial charge in [0.25, 0.3) is 5.91 Å². The number of fused-ring (bicyclic) bond motifs is 1. The number of amides is 3. The van der Waals surface area contributed by atoms with Crippen molar-refractivity contribution >= 4 is 33.8 Å². The SMILES string of the molecule is C=C(C)c1cccc(C(C)(C)NC(=O)Nc2sc3c(c2C(N)=O)CCC(C)C3)c1. The van der Waals surface area contributed by atoms with Crippen LogP contribution in [-0.4, -0.2) is 11.9 Å². The lowest BCUT2D eigenvalue weighted by atomic mass is 9.88. The van der Waals surface area contributed by atoms with Crippen LogP contribution < -0.4 is 16.4 Å². The molecule has 1 aromatic carbocycles. The van der Waals surface area contributed by atoms with E-state index in [0.29, 0.717) is 16.5 Å². The van der Waals surface area contributed by atoms with Crippen LogP contribution in [0.5, 0.6) is 0 Å². The highest BCUT2D eigenvalue weighted by Crippen LogP contribution is 2.39. The Morgan fingerprint density at radius 3 is 2.69 bits per heavy atom. The van der Waals surface area contributed by atoms with Crippen LogP contribution in [0.1, 0.15) is 66.0 Å². The standard InChI is InChI=1S/C23H29N3O2S/c1-13(2)15-7-6-8-16(12-15)23(4,5)26-22(28)25-21-19(20(24)27)17-10-9-14(3)11-18(17)29-21/h6-8,12,14H,1,9-11H2,2-5H3,(H2,24,27)(H2,25,26,28). The van der Waals surface area contributed by atoms with Gasteiger partial charge >= 0.3 is 6.03 Å². The summed E-state index contributed by atoms with van der Waals surface area (Å²) in [5.41, 5.74) is 9.49. The van der Waals surface area contributed by atoms with E-state index in [1.165, 1.54) is 11.3 Å². The summed E-state index contributed by atoms with van der Waals surface area (Å²) >= 11 is 1.47. The second-order valence-corrected chi connectivity index (χ2v) is 9.59. The zero-order chi connectivity index (χ0) is 21.3. The Morgan fingerprint density at radius 1 is 1.31 bits per heavy atom. The molecule has 0 saturated carbocycles. The summed E-state index contributed by atoms with van der Waals surface area (Å²) in [7, 11) is 0. The number of carbonyl (C=O) groups is 2. The van der Waals surface area contributed by atoms with Gasteiger partial charge in [0.05, 0.1) is 11.1 Å². The summed E-state index contributed by atoms with van der Waals surface area (Å²) in [4.78, 5) is 26.0. The maximum atomic E-state index is 12.8. The number of urea groups is 1. The largest absolute Gasteiger partial charge is 0.365 e. The number of allylic oxidation sites excluding steroid dienone is 1. The van der Waals surface area contributed by atoms with E-state index < -0.39 is 11.4 Å². The molecule has 0 bridgehead atoms. The van der Waals surface area contributed by atoms with Crippen molar-refractivity contribution in [3.8, 4) is 0 Å². The minimum Gasteiger partial charge on any atom is -0.365 e. The number of carbonyl (C=O) groups excluding carboxylic acids is 2. The van der Waals surface area contributed by atoms with Crippen LogP contribution in [0, 0.1) is 5.92 Å². The van der Waals surface area contributed by atoms with Crippen molar-refractivity contribution in [3.63, 3.8) is 0 Å². The number of nitrogens with two attached hydrogens (primary N) is 1. The molecule has 29 heavy (non-hydrogen) atoms. The maximum absolute atomic E-state index is 12.8. The molecule has 5 nitrogen and oxygen atoms in total. The molecule has 0 spiro atoms. The predicted molar refractivity (Wildman–Crippen MR) is 120 cm³/mol. The molecule has 3 amide bonds. The zero-order valence-corrected chi connectivity index (χ0v) is 18.3. The molecular formula is C23H29N3O2S. The summed E-state index contributed by atoms with van der Waals surface area (Å²) in [6.45, 7) is 12.0. The number of hydrogen-bond donors (Lipinski definition) is 3. The number of primary amides is 1. The molecule has 1 heterocycles. The minimum absolute atomic E-state index is 0.357. The third kappa shape index (κ3) is 4.53. The molecule has 0 saturated heterocycles. The van der Waals surface area contributed by atoms with Gasteiger partial charge in [-0.3, -0.25) is 10.1 Å². The molecule has 4 N–H and O–H groups in total. The molecule has 1 aromatic heterocycles. The van der Waals surface area contributed by atoms with E-state index in [1.54, 1.807) is 0 Å². The van der Waals surface area contributed by atoms with E-state index in [-0.39, 0.29) is 6.03 Å². The summed E-state index contributed by atoms with van der Waals surface area (Å²) in [5.74, 6) is 0.0869. The number of anilines is 1. The number of thiophene rings is 1. The van der Waals surface area contributed by atoms with Gasteiger partial charge in [-0.1, -0.05) is 37.3 Å². The Morgan fingerprint density at radius 2 is 2.03 bits per heavy atom. The Hall–Kier alpha value is -2.60. The maximum Gasteiger partial charge on any atom is 0.320 e. The first-order valence-electron chi connectivity index (χ1n) is 9.88. The van der Waals surface area contributed by atoms with E-state index in [1.807, 2.05) is 45.0 Å². The topological polar surface area (TPSA) is 84.2 Å². The van der Waals surface area contributed by atoms with Gasteiger partial charge < -0.3 is 11.1 Å². The molecule has 1 aliphatic carbocycles. The average molecular weight is 412 g/mol. The fourth-order valence-electron chi connectivity index (χ4n) is 3.76. The molecular weight excluding hydrogens is 382 g/mol. The van der Waals surface area contributed by atoms with Crippen molar-refractivity contribution in [2.24, 2.45) is 11.7 Å². The van der Waals surface area contributed by atoms with Crippen molar-refractivity contribution in [2.45, 2.75) is 52.5 Å². The third-order valence-corrected chi connectivity index (χ3v) is 6.66. The van der Waals surface area contributed by atoms with Gasteiger partial charge in [0.2, 0.25) is 0 Å². The molecule has 154 valence electrons. The molecule has 1 unspecified atom stereocenters. The molecule has 0 fully saturated rings. The Kier molecular flexibility index (Phi) is 5.85. The first-order chi connectivity index (χ1) is 13.6. The lowest BCUT2D eigenvalue weighted by molar-refractivity contribution is 0.1000. The van der Waals surface area contributed by atoms with Crippen molar-refractivity contribution in [2.75, 3.05) is 5.32 Å². The van der Waals surface area contributed by atoms with Crippen LogP contribution in [0.4, 0.5) is 9.80 Å². The normalized spacial score (nSPS) is 16.1. The molecule has 3 rings (SSSR count). The first-order valence-corrected chi connectivity index (χ1v) is 10.7. The van der Waals surface area contributed by atoms with Crippen LogP contribution in [0.3, 0.4) is 0 Å². The number of nitrogens with one attached hydrogen (secondary N) is 2. The van der Waals surface area contributed by atoms with Crippen molar-refractivity contribution in [3.05, 3.63) is 58.0 Å². The van der Waals surface area contributed by atoms with Gasteiger partial charge in [-0.15, -0.1) is 11.3 Å². The van der Waals surface area contributed by atoms with Gasteiger partial charge in [0.15, 0.2) is 0 Å². The molecule has 1 aliphatic rings. The summed E-state index contributed by atoms with van der Waals surface area (Å²) < 4.78 is 0. The smallest absolute Gasteiger partial charge is 0.320 e. The van der Waals surface area contributed by atoms with Crippen LogP contribution in [0.2, 0.25) is 0 Å². The van der Waals surface area contributed by atoms with Crippen molar-refractivity contribution < 1.29 is 9.59 Å². The van der Waals surface area contributed by atoms with Crippen LogP contribution in [0.15, 0.2) is 30.8 Å². The quantitative estimate of drug-likeness (QED) is 0.642. The van der Waals surface area contributed by atoms with E-state index in [0.717, 1.165) is 46.4 Å². The second kappa shape index (κ2) is 8.03. The predicted octanol–water partition coefficient (Wildman–Crippen LogP) is 5.06. The van der Waals surface area contributed by atoms with E-state index in [2.05, 4.69) is 24.1 Å². The zero-order valence-electron chi connectivity index (χ0n) is 17.5. The Balaban J connectivity index is 1.81. The monoisotopic (exact) mass is 411 g/mol. The van der Waals surface area contributed by atoms with Crippen molar-refractivity contribution in [1.29, 1.82) is 0 Å². The molecule has 6 heteroatoms. The summed E-state index contributed by atoms with van der Waals surface area (Å²) in [6.07, 6.45) is 2.78. The van der Waals surface area contributed by atoms with Gasteiger partial charge in [-0.2, -0.15) is 0 Å². The second-order valence-electron chi connectivity index (χ2n) is 8.49. The fraction of sp³-hybridized carbons (Fsp3) is 0.391. The number of rotatable bonds is 5. The molecule has 0 aliphatic heterocycles. The van der Waals surface area contributed by atoms with Gasteiger partial charge in [-0.25, -0.2) is 4.79 Å². The summed E-state index contributed by atoms with van der Waals surface area (Å²) in [6, 6.07) is 7.61. The Labute approximate surface area is 176 Å². The number of benzene rings is 1. The minimum atomic E-state index is -0.603.